The second kappa shape index (κ2) is 6.11. The molecule has 1 saturated carbocycles. The van der Waals surface area contributed by atoms with Gasteiger partial charge in [0.25, 0.3) is 0 Å². The minimum absolute atomic E-state index is 0.102. The molecule has 0 bridgehead atoms. The first-order valence-electron chi connectivity index (χ1n) is 7.94. The second-order valence-corrected chi connectivity index (χ2v) is 6.99. The van der Waals surface area contributed by atoms with Gasteiger partial charge in [0.05, 0.1) is 12.7 Å². The lowest BCUT2D eigenvalue weighted by Gasteiger charge is -2.42. The van der Waals surface area contributed by atoms with Crippen LogP contribution >= 0.6 is 0 Å². The Balaban J connectivity index is 1.86. The van der Waals surface area contributed by atoms with Gasteiger partial charge >= 0.3 is 0 Å². The van der Waals surface area contributed by atoms with Crippen molar-refractivity contribution in [3.05, 3.63) is 0 Å². The van der Waals surface area contributed by atoms with Crippen molar-refractivity contribution >= 4 is 0 Å². The summed E-state index contributed by atoms with van der Waals surface area (Å²) in [6.07, 6.45) is 7.83. The highest BCUT2D eigenvalue weighted by molar-refractivity contribution is 4.89. The van der Waals surface area contributed by atoms with E-state index in [2.05, 4.69) is 20.8 Å². The maximum Gasteiger partial charge on any atom is 0.168 e. The smallest absolute Gasteiger partial charge is 0.168 e. The fourth-order valence-corrected chi connectivity index (χ4v) is 3.85. The first-order valence-corrected chi connectivity index (χ1v) is 7.94. The van der Waals surface area contributed by atoms with Gasteiger partial charge < -0.3 is 14.6 Å². The molecule has 3 heteroatoms. The van der Waals surface area contributed by atoms with Crippen LogP contribution in [-0.2, 0) is 9.47 Å². The van der Waals surface area contributed by atoms with Crippen LogP contribution in [0.1, 0.15) is 65.7 Å². The second-order valence-electron chi connectivity index (χ2n) is 6.99. The van der Waals surface area contributed by atoms with E-state index in [0.29, 0.717) is 18.4 Å². The molecule has 0 amide bonds. The van der Waals surface area contributed by atoms with Crippen LogP contribution in [-0.4, -0.2) is 30.2 Å². The molecule has 1 atom stereocenters. The summed E-state index contributed by atoms with van der Waals surface area (Å²) in [6.45, 7) is 7.93. The summed E-state index contributed by atoms with van der Waals surface area (Å²) >= 11 is 0. The molecule has 0 radical (unpaired) electrons. The van der Waals surface area contributed by atoms with Gasteiger partial charge in [-0.25, -0.2) is 0 Å². The van der Waals surface area contributed by atoms with E-state index in [9.17, 15) is 0 Å². The number of rotatable bonds is 5. The molecule has 2 rings (SSSR count). The molecule has 1 heterocycles. The fraction of sp³-hybridized carbons (Fsp3) is 1.00. The predicted octanol–water partition coefficient (Wildman–Crippen LogP) is 3.50. The number of aliphatic hydroxyl groups excluding tert-OH is 1. The van der Waals surface area contributed by atoms with Crippen molar-refractivity contribution in [3.8, 4) is 0 Å². The Hall–Kier alpha value is -0.120. The maximum absolute atomic E-state index is 8.99. The van der Waals surface area contributed by atoms with Crippen molar-refractivity contribution in [3.63, 3.8) is 0 Å². The van der Waals surface area contributed by atoms with Gasteiger partial charge in [-0.15, -0.1) is 0 Å². The van der Waals surface area contributed by atoms with Gasteiger partial charge in [-0.05, 0) is 37.0 Å². The van der Waals surface area contributed by atoms with Gasteiger partial charge in [0, 0.05) is 19.4 Å². The molecule has 2 aliphatic rings. The summed E-state index contributed by atoms with van der Waals surface area (Å²) in [4.78, 5) is 0. The van der Waals surface area contributed by atoms with E-state index in [1.54, 1.807) is 0 Å². The Morgan fingerprint density at radius 1 is 1.26 bits per heavy atom. The monoisotopic (exact) mass is 270 g/mol. The standard InChI is InChI=1S/C16H30O3/c1-4-8-15(2,3)13-5-9-16(10-6-13)18-12-14(19-16)7-11-17/h13-14,17H,4-12H2,1-3H3. The normalized spacial score (nSPS) is 36.0. The Bertz CT molecular complexity index is 280. The predicted molar refractivity (Wildman–Crippen MR) is 75.9 cm³/mol. The lowest BCUT2D eigenvalue weighted by Crippen LogP contribution is -2.39. The maximum atomic E-state index is 8.99. The van der Waals surface area contributed by atoms with Crippen LogP contribution in [0.15, 0.2) is 0 Å². The molecule has 0 aromatic heterocycles. The van der Waals surface area contributed by atoms with E-state index in [0.717, 1.165) is 18.8 Å². The third kappa shape index (κ3) is 3.50. The molecule has 1 aliphatic heterocycles. The molecule has 1 unspecified atom stereocenters. The first kappa shape index (κ1) is 15.3. The van der Waals surface area contributed by atoms with Crippen LogP contribution in [0.3, 0.4) is 0 Å². The molecular formula is C16H30O3. The van der Waals surface area contributed by atoms with Crippen LogP contribution in [0.4, 0.5) is 0 Å². The average Bonchev–Trinajstić information content (AvgIpc) is 2.73. The molecule has 0 aromatic rings. The quantitative estimate of drug-likeness (QED) is 0.831. The molecule has 1 spiro atoms. The van der Waals surface area contributed by atoms with E-state index in [1.165, 1.54) is 25.7 Å². The molecule has 3 nitrogen and oxygen atoms in total. The van der Waals surface area contributed by atoms with Gasteiger partial charge in [0.15, 0.2) is 5.79 Å². The number of hydrogen-bond donors (Lipinski definition) is 1. The molecule has 2 fully saturated rings. The molecule has 112 valence electrons. The lowest BCUT2D eigenvalue weighted by molar-refractivity contribution is -0.198. The average molecular weight is 270 g/mol. The van der Waals surface area contributed by atoms with Gasteiger partial charge in [-0.1, -0.05) is 27.2 Å². The summed E-state index contributed by atoms with van der Waals surface area (Å²) in [5.41, 5.74) is 0.444. The topological polar surface area (TPSA) is 38.7 Å². The third-order valence-corrected chi connectivity index (χ3v) is 5.11. The van der Waals surface area contributed by atoms with E-state index in [1.807, 2.05) is 0 Å². The lowest BCUT2D eigenvalue weighted by atomic mass is 9.68. The van der Waals surface area contributed by atoms with E-state index in [-0.39, 0.29) is 18.5 Å². The fourth-order valence-electron chi connectivity index (χ4n) is 3.85. The highest BCUT2D eigenvalue weighted by Crippen LogP contribution is 2.47. The van der Waals surface area contributed by atoms with Crippen molar-refractivity contribution in [2.75, 3.05) is 13.2 Å². The Morgan fingerprint density at radius 2 is 1.95 bits per heavy atom. The SMILES string of the molecule is CCCC(C)(C)C1CCC2(CC1)OCC(CCO)O2. The molecule has 1 aliphatic carbocycles. The van der Waals surface area contributed by atoms with Gasteiger partial charge in [-0.3, -0.25) is 0 Å². The van der Waals surface area contributed by atoms with Crippen molar-refractivity contribution in [2.24, 2.45) is 11.3 Å². The number of aliphatic hydroxyl groups is 1. The summed E-state index contributed by atoms with van der Waals surface area (Å²) < 4.78 is 12.0. The van der Waals surface area contributed by atoms with Gasteiger partial charge in [0.1, 0.15) is 0 Å². The Kier molecular flexibility index (Phi) is 4.91. The summed E-state index contributed by atoms with van der Waals surface area (Å²) in [5.74, 6) is 0.473. The van der Waals surface area contributed by atoms with Crippen molar-refractivity contribution in [1.29, 1.82) is 0 Å². The number of hydrogen-bond acceptors (Lipinski definition) is 3. The largest absolute Gasteiger partial charge is 0.396 e. The summed E-state index contributed by atoms with van der Waals surface area (Å²) in [5, 5.41) is 8.99. The van der Waals surface area contributed by atoms with Crippen LogP contribution < -0.4 is 0 Å². The van der Waals surface area contributed by atoms with Crippen LogP contribution in [0.25, 0.3) is 0 Å². The molecular weight excluding hydrogens is 240 g/mol. The minimum Gasteiger partial charge on any atom is -0.396 e. The zero-order valence-corrected chi connectivity index (χ0v) is 12.8. The van der Waals surface area contributed by atoms with E-state index in [4.69, 9.17) is 14.6 Å². The summed E-state index contributed by atoms with van der Waals surface area (Å²) in [7, 11) is 0. The van der Waals surface area contributed by atoms with Gasteiger partial charge in [-0.2, -0.15) is 0 Å². The zero-order valence-electron chi connectivity index (χ0n) is 12.8. The van der Waals surface area contributed by atoms with Crippen molar-refractivity contribution in [1.82, 2.24) is 0 Å². The molecule has 1 N–H and O–H groups in total. The molecule has 19 heavy (non-hydrogen) atoms. The number of ether oxygens (including phenoxy) is 2. The van der Waals surface area contributed by atoms with Gasteiger partial charge in [0.2, 0.25) is 0 Å². The van der Waals surface area contributed by atoms with Crippen molar-refractivity contribution < 1.29 is 14.6 Å². The van der Waals surface area contributed by atoms with Crippen LogP contribution in [0, 0.1) is 11.3 Å². The van der Waals surface area contributed by atoms with E-state index >= 15 is 0 Å². The Labute approximate surface area is 117 Å². The van der Waals surface area contributed by atoms with Crippen LogP contribution in [0.2, 0.25) is 0 Å². The molecule has 0 aromatic carbocycles. The zero-order chi connectivity index (χ0) is 13.9. The third-order valence-electron chi connectivity index (χ3n) is 5.11. The summed E-state index contributed by atoms with van der Waals surface area (Å²) in [6, 6.07) is 0. The van der Waals surface area contributed by atoms with Crippen LogP contribution in [0.5, 0.6) is 0 Å². The highest BCUT2D eigenvalue weighted by Gasteiger charge is 2.46. The van der Waals surface area contributed by atoms with Crippen molar-refractivity contribution in [2.45, 2.75) is 77.6 Å². The highest BCUT2D eigenvalue weighted by atomic mass is 16.7. The van der Waals surface area contributed by atoms with E-state index < -0.39 is 0 Å². The Morgan fingerprint density at radius 3 is 2.53 bits per heavy atom. The first-order chi connectivity index (χ1) is 9.01. The molecule has 1 saturated heterocycles. The minimum atomic E-state index is -0.321.